The van der Waals surface area contributed by atoms with Crippen molar-refractivity contribution in [1.82, 2.24) is 0 Å². The molecule has 0 radical (unpaired) electrons. The van der Waals surface area contributed by atoms with Crippen LogP contribution in [0.5, 0.6) is 0 Å². The van der Waals surface area contributed by atoms with Crippen LogP contribution in [-0.2, 0) is 28.5 Å². The summed E-state index contributed by atoms with van der Waals surface area (Å²) in [5.41, 5.74) is -0.261. The van der Waals surface area contributed by atoms with Crippen molar-refractivity contribution in [2.24, 2.45) is 29.6 Å². The first-order valence-corrected chi connectivity index (χ1v) is 13.6. The maximum atomic E-state index is 12.8. The van der Waals surface area contributed by atoms with Crippen LogP contribution in [0, 0.1) is 29.6 Å². The van der Waals surface area contributed by atoms with Gasteiger partial charge in [0.25, 0.3) is 0 Å². The molecule has 35 heavy (non-hydrogen) atoms. The van der Waals surface area contributed by atoms with Gasteiger partial charge in [-0.3, -0.25) is 9.59 Å². The summed E-state index contributed by atoms with van der Waals surface area (Å²) in [6.45, 7) is 14.6. The van der Waals surface area contributed by atoms with E-state index >= 15 is 0 Å². The molecule has 3 heterocycles. The van der Waals surface area contributed by atoms with Crippen LogP contribution in [-0.4, -0.2) is 59.8 Å². The molecule has 4 rings (SSSR count). The molecule has 3 saturated heterocycles. The zero-order valence-electron chi connectivity index (χ0n) is 22.0. The molecule has 0 aromatic heterocycles. The Labute approximate surface area is 209 Å². The number of carbonyl (C=O) groups is 2. The molecule has 1 aliphatic carbocycles. The first kappa shape index (κ1) is 26.6. The molecule has 4 fully saturated rings. The molecule has 198 valence electrons. The van der Waals surface area contributed by atoms with Crippen LogP contribution in [0.4, 0.5) is 0 Å². The van der Waals surface area contributed by atoms with Crippen molar-refractivity contribution in [2.75, 3.05) is 6.61 Å². The Kier molecular flexibility index (Phi) is 7.99. The SMILES string of the molecule is C=C1CC2O[C@H]3[C@H]4[C@@H](C[C@@H](C)[C@@H](OC(C)=O)[C@@H]24)[C@@H](C)CO[C@@]3(C)[C@H](OC(=O)CCCCC)C[C@H]1O. The van der Waals surface area contributed by atoms with Crippen molar-refractivity contribution < 1.29 is 33.6 Å². The fraction of sp³-hybridized carbons (Fsp3) is 0.857. The standard InChI is InChI=1S/C28H44O7/c1-7-8-9-10-23(31)35-22-13-20(30)15(2)12-21-25-24-19(11-16(3)26(25)33-18(5)29)17(4)14-32-28(22,6)27(24)34-21/h16-17,19-22,24-27,30H,2,7-14H2,1,3-6H3/t16-,17+,19+,20-,21?,22-,24+,25+,26-,27+,28+/m1/s1. The Morgan fingerprint density at radius 1 is 1.14 bits per heavy atom. The van der Waals surface area contributed by atoms with E-state index < -0.39 is 17.8 Å². The van der Waals surface area contributed by atoms with Crippen molar-refractivity contribution in [3.8, 4) is 0 Å². The quantitative estimate of drug-likeness (QED) is 0.337. The van der Waals surface area contributed by atoms with E-state index in [1.165, 1.54) is 6.92 Å². The second-order valence-electron chi connectivity index (χ2n) is 11.7. The lowest BCUT2D eigenvalue weighted by atomic mass is 9.59. The highest BCUT2D eigenvalue weighted by molar-refractivity contribution is 5.69. The molecule has 1 unspecified atom stereocenters. The maximum Gasteiger partial charge on any atom is 0.306 e. The smallest absolute Gasteiger partial charge is 0.306 e. The van der Waals surface area contributed by atoms with Gasteiger partial charge in [0, 0.05) is 31.6 Å². The Bertz CT molecular complexity index is 811. The van der Waals surface area contributed by atoms with Gasteiger partial charge < -0.3 is 24.1 Å². The number of hydrogen-bond acceptors (Lipinski definition) is 7. The monoisotopic (exact) mass is 492 g/mol. The van der Waals surface area contributed by atoms with E-state index in [1.807, 2.05) is 6.92 Å². The van der Waals surface area contributed by atoms with Gasteiger partial charge in [-0.1, -0.05) is 40.2 Å². The predicted octanol–water partition coefficient (Wildman–Crippen LogP) is 4.20. The highest BCUT2D eigenvalue weighted by Gasteiger charge is 2.65. The molecule has 2 bridgehead atoms. The third kappa shape index (κ3) is 5.05. The molecule has 7 heteroatoms. The lowest BCUT2D eigenvalue weighted by Gasteiger charge is -2.47. The first-order chi connectivity index (χ1) is 16.6. The highest BCUT2D eigenvalue weighted by atomic mass is 16.6. The number of esters is 2. The predicted molar refractivity (Wildman–Crippen MR) is 130 cm³/mol. The minimum Gasteiger partial charge on any atom is -0.462 e. The number of hydrogen-bond donors (Lipinski definition) is 1. The van der Waals surface area contributed by atoms with Crippen LogP contribution >= 0.6 is 0 Å². The van der Waals surface area contributed by atoms with Crippen LogP contribution < -0.4 is 0 Å². The van der Waals surface area contributed by atoms with E-state index in [9.17, 15) is 14.7 Å². The second-order valence-corrected chi connectivity index (χ2v) is 11.7. The molecular formula is C28H44O7. The lowest BCUT2D eigenvalue weighted by molar-refractivity contribution is -0.205. The third-order valence-electron chi connectivity index (χ3n) is 9.15. The van der Waals surface area contributed by atoms with Gasteiger partial charge in [0.1, 0.15) is 17.8 Å². The second kappa shape index (κ2) is 10.5. The summed E-state index contributed by atoms with van der Waals surface area (Å²) >= 11 is 0. The molecule has 1 N–H and O–H groups in total. The molecule has 7 nitrogen and oxygen atoms in total. The number of fused-ring (bicyclic) bond motifs is 2. The number of aliphatic hydroxyl groups is 1. The summed E-state index contributed by atoms with van der Waals surface area (Å²) in [5.74, 6) is 0.349. The van der Waals surface area contributed by atoms with E-state index in [-0.39, 0.29) is 60.3 Å². The van der Waals surface area contributed by atoms with Gasteiger partial charge in [-0.15, -0.1) is 0 Å². The van der Waals surface area contributed by atoms with E-state index in [0.29, 0.717) is 30.9 Å². The molecule has 1 saturated carbocycles. The summed E-state index contributed by atoms with van der Waals surface area (Å²) in [7, 11) is 0. The molecule has 0 amide bonds. The Morgan fingerprint density at radius 2 is 1.89 bits per heavy atom. The Hall–Kier alpha value is -1.44. The van der Waals surface area contributed by atoms with Crippen LogP contribution in [0.15, 0.2) is 12.2 Å². The van der Waals surface area contributed by atoms with Crippen molar-refractivity contribution in [3.63, 3.8) is 0 Å². The number of unbranched alkanes of at least 4 members (excludes halogenated alkanes) is 2. The van der Waals surface area contributed by atoms with E-state index in [0.717, 1.165) is 25.7 Å². The van der Waals surface area contributed by atoms with Crippen LogP contribution in [0.25, 0.3) is 0 Å². The third-order valence-corrected chi connectivity index (χ3v) is 9.15. The normalized spacial score (nSPS) is 45.0. The maximum absolute atomic E-state index is 12.8. The summed E-state index contributed by atoms with van der Waals surface area (Å²) < 4.78 is 25.4. The molecule has 0 aromatic carbocycles. The lowest BCUT2D eigenvalue weighted by Crippen LogP contribution is -2.58. The van der Waals surface area contributed by atoms with Gasteiger partial charge in [-0.25, -0.2) is 0 Å². The average molecular weight is 493 g/mol. The zero-order chi connectivity index (χ0) is 25.5. The first-order valence-electron chi connectivity index (χ1n) is 13.6. The van der Waals surface area contributed by atoms with Crippen molar-refractivity contribution in [1.29, 1.82) is 0 Å². The average Bonchev–Trinajstić information content (AvgIpc) is 3.14. The highest BCUT2D eigenvalue weighted by Crippen LogP contribution is 2.58. The van der Waals surface area contributed by atoms with Gasteiger partial charge >= 0.3 is 11.9 Å². The van der Waals surface area contributed by atoms with E-state index in [2.05, 4.69) is 27.4 Å². The van der Waals surface area contributed by atoms with Crippen molar-refractivity contribution >= 4 is 11.9 Å². The number of carbonyl (C=O) groups excluding carboxylic acids is 2. The minimum atomic E-state index is -0.923. The van der Waals surface area contributed by atoms with Crippen LogP contribution in [0.3, 0.4) is 0 Å². The Morgan fingerprint density at radius 3 is 2.57 bits per heavy atom. The van der Waals surface area contributed by atoms with E-state index in [4.69, 9.17) is 18.9 Å². The van der Waals surface area contributed by atoms with Crippen molar-refractivity contribution in [2.45, 2.75) is 116 Å². The zero-order valence-corrected chi connectivity index (χ0v) is 22.0. The molecular weight excluding hydrogens is 448 g/mol. The minimum absolute atomic E-state index is 0.0240. The summed E-state index contributed by atoms with van der Waals surface area (Å²) in [4.78, 5) is 24.9. The van der Waals surface area contributed by atoms with E-state index in [1.54, 1.807) is 0 Å². The van der Waals surface area contributed by atoms with Gasteiger partial charge in [-0.05, 0) is 49.5 Å². The fourth-order valence-electron chi connectivity index (χ4n) is 7.25. The Balaban J connectivity index is 1.73. The molecule has 3 aliphatic heterocycles. The van der Waals surface area contributed by atoms with Crippen molar-refractivity contribution in [3.05, 3.63) is 12.2 Å². The topological polar surface area (TPSA) is 91.3 Å². The molecule has 0 aromatic rings. The number of aliphatic hydroxyl groups excluding tert-OH is 1. The van der Waals surface area contributed by atoms with Gasteiger partial charge in [0.05, 0.1) is 24.9 Å². The molecule has 0 spiro atoms. The summed E-state index contributed by atoms with van der Waals surface area (Å²) in [5, 5.41) is 11.1. The van der Waals surface area contributed by atoms with Crippen LogP contribution in [0.2, 0.25) is 0 Å². The van der Waals surface area contributed by atoms with Gasteiger partial charge in [-0.2, -0.15) is 0 Å². The fourth-order valence-corrected chi connectivity index (χ4v) is 7.25. The largest absolute Gasteiger partial charge is 0.462 e. The number of ether oxygens (including phenoxy) is 4. The summed E-state index contributed by atoms with van der Waals surface area (Å²) in [6, 6.07) is 0. The van der Waals surface area contributed by atoms with Gasteiger partial charge in [0.15, 0.2) is 0 Å². The van der Waals surface area contributed by atoms with Gasteiger partial charge in [0.2, 0.25) is 0 Å². The molecule has 11 atom stereocenters. The summed E-state index contributed by atoms with van der Waals surface area (Å²) in [6.07, 6.45) is 2.44. The number of rotatable bonds is 6. The van der Waals surface area contributed by atoms with Crippen LogP contribution in [0.1, 0.15) is 79.6 Å². The molecule has 4 aliphatic rings.